The van der Waals surface area contributed by atoms with Crippen LogP contribution in [0.2, 0.25) is 0 Å². The molecule has 0 fully saturated rings. The average Bonchev–Trinajstić information content (AvgIpc) is 3.04. The maximum absolute atomic E-state index is 4.53. The Balaban J connectivity index is 1.63. The molecule has 4 rings (SSSR count). The molecule has 1 aliphatic rings. The molecular formula is C20H20N2. The highest BCUT2D eigenvalue weighted by Gasteiger charge is 2.11. The molecule has 0 aliphatic heterocycles. The Morgan fingerprint density at radius 3 is 2.59 bits per heavy atom. The molecule has 0 N–H and O–H groups in total. The van der Waals surface area contributed by atoms with Crippen LogP contribution >= 0.6 is 0 Å². The summed E-state index contributed by atoms with van der Waals surface area (Å²) in [5, 5.41) is 0. The first-order chi connectivity index (χ1) is 10.9. The fourth-order valence-corrected chi connectivity index (χ4v) is 3.37. The molecule has 2 heteroatoms. The van der Waals surface area contributed by atoms with Gasteiger partial charge in [0.15, 0.2) is 0 Å². The summed E-state index contributed by atoms with van der Waals surface area (Å²) in [5.41, 5.74) is 5.63. The van der Waals surface area contributed by atoms with Gasteiger partial charge in [-0.1, -0.05) is 48.5 Å². The lowest BCUT2D eigenvalue weighted by Crippen LogP contribution is -2.06. The van der Waals surface area contributed by atoms with Crippen molar-refractivity contribution in [2.24, 2.45) is 0 Å². The summed E-state index contributed by atoms with van der Waals surface area (Å²) >= 11 is 0. The third kappa shape index (κ3) is 2.57. The van der Waals surface area contributed by atoms with Crippen molar-refractivity contribution in [3.63, 3.8) is 0 Å². The molecule has 1 heterocycles. The highest BCUT2D eigenvalue weighted by atomic mass is 15.1. The lowest BCUT2D eigenvalue weighted by atomic mass is 9.90. The van der Waals surface area contributed by atoms with Crippen molar-refractivity contribution in [1.82, 2.24) is 9.55 Å². The number of aromatic nitrogens is 2. The van der Waals surface area contributed by atoms with Crippen LogP contribution in [0.5, 0.6) is 0 Å². The smallest absolute Gasteiger partial charge is 0.140 e. The maximum atomic E-state index is 4.53. The molecular weight excluding hydrogens is 268 g/mol. The summed E-state index contributed by atoms with van der Waals surface area (Å²) in [6.45, 7) is 0.886. The van der Waals surface area contributed by atoms with Gasteiger partial charge in [0.1, 0.15) is 5.82 Å². The standard InChI is InChI=1S/C20H20N2/c1-2-7-18(8-3-1)20-21-12-13-22(20)15-16-10-11-17-6-4-5-9-19(17)14-16/h1-3,7-8,10-14H,4-6,9,15H2. The minimum Gasteiger partial charge on any atom is -0.327 e. The molecule has 0 bridgehead atoms. The summed E-state index contributed by atoms with van der Waals surface area (Å²) in [7, 11) is 0. The molecule has 0 saturated carbocycles. The molecule has 0 spiro atoms. The van der Waals surface area contributed by atoms with Gasteiger partial charge in [0.05, 0.1) is 0 Å². The quantitative estimate of drug-likeness (QED) is 0.695. The highest BCUT2D eigenvalue weighted by Crippen LogP contribution is 2.24. The number of fused-ring (bicyclic) bond motifs is 1. The summed E-state index contributed by atoms with van der Waals surface area (Å²) in [6, 6.07) is 17.4. The first-order valence-electron chi connectivity index (χ1n) is 8.07. The topological polar surface area (TPSA) is 17.8 Å². The van der Waals surface area contributed by atoms with Crippen LogP contribution in [0.3, 0.4) is 0 Å². The second kappa shape index (κ2) is 5.80. The average molecular weight is 288 g/mol. The monoisotopic (exact) mass is 288 g/mol. The Bertz CT molecular complexity index is 771. The third-order valence-corrected chi connectivity index (χ3v) is 4.51. The molecule has 2 nitrogen and oxygen atoms in total. The number of benzene rings is 2. The molecule has 22 heavy (non-hydrogen) atoms. The fourth-order valence-electron chi connectivity index (χ4n) is 3.37. The van der Waals surface area contributed by atoms with Gasteiger partial charge >= 0.3 is 0 Å². The number of nitrogens with zero attached hydrogens (tertiary/aromatic N) is 2. The van der Waals surface area contributed by atoms with Gasteiger partial charge in [-0.2, -0.15) is 0 Å². The van der Waals surface area contributed by atoms with Gasteiger partial charge in [0, 0.05) is 24.5 Å². The highest BCUT2D eigenvalue weighted by molar-refractivity contribution is 5.55. The first-order valence-corrected chi connectivity index (χ1v) is 8.07. The Hall–Kier alpha value is -2.35. The zero-order valence-corrected chi connectivity index (χ0v) is 12.7. The van der Waals surface area contributed by atoms with Gasteiger partial charge in [-0.15, -0.1) is 0 Å². The van der Waals surface area contributed by atoms with Crippen molar-refractivity contribution in [2.45, 2.75) is 32.2 Å². The Morgan fingerprint density at radius 2 is 1.73 bits per heavy atom. The normalized spacial score (nSPS) is 13.8. The van der Waals surface area contributed by atoms with Gasteiger partial charge < -0.3 is 4.57 Å². The Kier molecular flexibility index (Phi) is 3.51. The number of hydrogen-bond donors (Lipinski definition) is 0. The van der Waals surface area contributed by atoms with Gasteiger partial charge in [-0.25, -0.2) is 4.98 Å². The Labute approximate surface area is 131 Å². The fraction of sp³-hybridized carbons (Fsp3) is 0.250. The molecule has 0 saturated heterocycles. The number of rotatable bonds is 3. The van der Waals surface area contributed by atoms with Gasteiger partial charge in [-0.05, 0) is 42.4 Å². The van der Waals surface area contributed by atoms with E-state index in [0.717, 1.165) is 12.4 Å². The van der Waals surface area contributed by atoms with E-state index in [-0.39, 0.29) is 0 Å². The van der Waals surface area contributed by atoms with Crippen LogP contribution < -0.4 is 0 Å². The van der Waals surface area contributed by atoms with Crippen LogP contribution in [0.25, 0.3) is 11.4 Å². The summed E-state index contributed by atoms with van der Waals surface area (Å²) in [6.07, 6.45) is 9.11. The lowest BCUT2D eigenvalue weighted by Gasteiger charge is -2.17. The minimum absolute atomic E-state index is 0.886. The Morgan fingerprint density at radius 1 is 0.909 bits per heavy atom. The van der Waals surface area contributed by atoms with E-state index in [9.17, 15) is 0 Å². The predicted molar refractivity (Wildman–Crippen MR) is 89.8 cm³/mol. The lowest BCUT2D eigenvalue weighted by molar-refractivity contribution is 0.682. The van der Waals surface area contributed by atoms with Crippen molar-refractivity contribution < 1.29 is 0 Å². The molecule has 3 aromatic rings. The van der Waals surface area contributed by atoms with Gasteiger partial charge in [-0.3, -0.25) is 0 Å². The van der Waals surface area contributed by atoms with E-state index in [0.29, 0.717) is 0 Å². The van der Waals surface area contributed by atoms with Crippen molar-refractivity contribution in [3.8, 4) is 11.4 Å². The van der Waals surface area contributed by atoms with E-state index < -0.39 is 0 Å². The van der Waals surface area contributed by atoms with Crippen molar-refractivity contribution in [3.05, 3.63) is 77.6 Å². The molecule has 1 aliphatic carbocycles. The van der Waals surface area contributed by atoms with Gasteiger partial charge in [0.25, 0.3) is 0 Å². The third-order valence-electron chi connectivity index (χ3n) is 4.51. The van der Waals surface area contributed by atoms with Crippen LogP contribution in [0.4, 0.5) is 0 Å². The van der Waals surface area contributed by atoms with E-state index in [1.807, 2.05) is 12.3 Å². The number of hydrogen-bond acceptors (Lipinski definition) is 1. The largest absolute Gasteiger partial charge is 0.327 e. The van der Waals surface area contributed by atoms with E-state index in [2.05, 4.69) is 58.2 Å². The number of imidazole rings is 1. The second-order valence-electron chi connectivity index (χ2n) is 6.05. The van der Waals surface area contributed by atoms with E-state index >= 15 is 0 Å². The molecule has 0 amide bonds. The summed E-state index contributed by atoms with van der Waals surface area (Å²) in [5.74, 6) is 1.04. The molecule has 1 aromatic heterocycles. The van der Waals surface area contributed by atoms with Crippen molar-refractivity contribution in [2.75, 3.05) is 0 Å². The molecule has 0 atom stereocenters. The second-order valence-corrected chi connectivity index (χ2v) is 6.05. The van der Waals surface area contributed by atoms with Crippen LogP contribution in [-0.4, -0.2) is 9.55 Å². The van der Waals surface area contributed by atoms with Crippen LogP contribution in [-0.2, 0) is 19.4 Å². The molecule has 0 radical (unpaired) electrons. The van der Waals surface area contributed by atoms with Crippen LogP contribution in [0.1, 0.15) is 29.5 Å². The maximum Gasteiger partial charge on any atom is 0.140 e. The summed E-state index contributed by atoms with van der Waals surface area (Å²) < 4.78 is 2.24. The molecule has 2 aromatic carbocycles. The molecule has 110 valence electrons. The SMILES string of the molecule is c1ccc(-c2nccn2Cc2ccc3c(c2)CCCC3)cc1. The van der Waals surface area contributed by atoms with Crippen molar-refractivity contribution >= 4 is 0 Å². The zero-order valence-electron chi connectivity index (χ0n) is 12.7. The van der Waals surface area contributed by atoms with E-state index in [1.54, 1.807) is 11.1 Å². The summed E-state index contributed by atoms with van der Waals surface area (Å²) in [4.78, 5) is 4.53. The molecule has 0 unspecified atom stereocenters. The minimum atomic E-state index is 0.886. The van der Waals surface area contributed by atoms with E-state index in [1.165, 1.54) is 36.8 Å². The zero-order chi connectivity index (χ0) is 14.8. The number of aryl methyl sites for hydroxylation is 2. The predicted octanol–water partition coefficient (Wildman–Crippen LogP) is 4.48. The van der Waals surface area contributed by atoms with Gasteiger partial charge in [0.2, 0.25) is 0 Å². The van der Waals surface area contributed by atoms with Crippen molar-refractivity contribution in [1.29, 1.82) is 0 Å². The van der Waals surface area contributed by atoms with Crippen LogP contribution in [0, 0.1) is 0 Å². The van der Waals surface area contributed by atoms with E-state index in [4.69, 9.17) is 0 Å². The first kappa shape index (κ1) is 13.3. The van der Waals surface area contributed by atoms with Crippen LogP contribution in [0.15, 0.2) is 60.9 Å².